The van der Waals surface area contributed by atoms with E-state index in [1.165, 1.54) is 12.1 Å². The number of likely N-dealkylation sites (tertiary alicyclic amines) is 1. The third-order valence-electron chi connectivity index (χ3n) is 3.95. The molecule has 2 rings (SSSR count). The Labute approximate surface area is 152 Å². The zero-order valence-electron chi connectivity index (χ0n) is 13.4. The average molecular weight is 394 g/mol. The highest BCUT2D eigenvalue weighted by Crippen LogP contribution is 2.28. The topological polar surface area (TPSA) is 78.5 Å². The lowest BCUT2D eigenvalue weighted by Crippen LogP contribution is -2.34. The summed E-state index contributed by atoms with van der Waals surface area (Å²) in [5.74, 6) is 0.402. The molecule has 0 spiro atoms. The number of hydrogen-bond acceptors (Lipinski definition) is 4. The molecule has 1 aromatic rings. The van der Waals surface area contributed by atoms with Crippen LogP contribution < -0.4 is 10.0 Å². The number of benzene rings is 1. The number of nitrogens with zero attached hydrogens (tertiary/aromatic N) is 1. The Hall–Kier alpha value is -0.860. The highest BCUT2D eigenvalue weighted by atomic mass is 35.5. The monoisotopic (exact) mass is 393 g/mol. The zero-order chi connectivity index (χ0) is 17.7. The van der Waals surface area contributed by atoms with E-state index in [2.05, 4.69) is 10.0 Å². The summed E-state index contributed by atoms with van der Waals surface area (Å²) >= 11 is 11.8. The maximum atomic E-state index is 12.3. The van der Waals surface area contributed by atoms with Crippen molar-refractivity contribution in [2.75, 3.05) is 33.2 Å². The van der Waals surface area contributed by atoms with Crippen LogP contribution in [0.15, 0.2) is 23.1 Å². The summed E-state index contributed by atoms with van der Waals surface area (Å²) in [6.45, 7) is 2.31. The van der Waals surface area contributed by atoms with Crippen LogP contribution in [0.3, 0.4) is 0 Å². The molecule has 9 heteroatoms. The van der Waals surface area contributed by atoms with Gasteiger partial charge in [-0.1, -0.05) is 29.3 Å². The molecule has 1 amide bonds. The van der Waals surface area contributed by atoms with E-state index in [0.717, 1.165) is 13.0 Å². The van der Waals surface area contributed by atoms with Gasteiger partial charge in [0.15, 0.2) is 0 Å². The van der Waals surface area contributed by atoms with Crippen LogP contribution in [0.1, 0.15) is 12.8 Å². The van der Waals surface area contributed by atoms with Gasteiger partial charge in [-0.25, -0.2) is 13.1 Å². The van der Waals surface area contributed by atoms with Gasteiger partial charge in [-0.05, 0) is 38.1 Å². The summed E-state index contributed by atoms with van der Waals surface area (Å²) in [5.41, 5.74) is 0. The van der Waals surface area contributed by atoms with E-state index in [0.29, 0.717) is 19.0 Å². The maximum absolute atomic E-state index is 12.3. The molecular formula is C15H21Cl2N3O3S. The van der Waals surface area contributed by atoms with E-state index < -0.39 is 10.0 Å². The van der Waals surface area contributed by atoms with Crippen molar-refractivity contribution < 1.29 is 13.2 Å². The summed E-state index contributed by atoms with van der Waals surface area (Å²) in [5, 5.41) is 3.21. The van der Waals surface area contributed by atoms with Crippen molar-refractivity contribution in [2.24, 2.45) is 5.92 Å². The summed E-state index contributed by atoms with van der Waals surface area (Å²) < 4.78 is 27.0. The summed E-state index contributed by atoms with van der Waals surface area (Å²) in [7, 11) is -1.97. The molecule has 134 valence electrons. The first-order chi connectivity index (χ1) is 11.3. The Morgan fingerprint density at radius 3 is 2.62 bits per heavy atom. The third kappa shape index (κ3) is 4.83. The van der Waals surface area contributed by atoms with Crippen LogP contribution in [0.4, 0.5) is 0 Å². The average Bonchev–Trinajstić information content (AvgIpc) is 2.95. The molecule has 1 heterocycles. The zero-order valence-corrected chi connectivity index (χ0v) is 15.7. The highest BCUT2D eigenvalue weighted by Gasteiger charge is 2.26. The molecule has 1 fully saturated rings. The Morgan fingerprint density at radius 1 is 1.33 bits per heavy atom. The van der Waals surface area contributed by atoms with E-state index in [4.69, 9.17) is 23.2 Å². The molecule has 2 N–H and O–H groups in total. The molecule has 24 heavy (non-hydrogen) atoms. The van der Waals surface area contributed by atoms with Gasteiger partial charge in [0, 0.05) is 26.1 Å². The lowest BCUT2D eigenvalue weighted by atomic mass is 10.1. The first-order valence-corrected chi connectivity index (χ1v) is 9.95. The molecule has 0 radical (unpaired) electrons. The largest absolute Gasteiger partial charge is 0.342 e. The second-order valence-corrected chi connectivity index (χ2v) is 8.27. The van der Waals surface area contributed by atoms with Gasteiger partial charge in [-0.2, -0.15) is 0 Å². The fourth-order valence-electron chi connectivity index (χ4n) is 2.78. The predicted molar refractivity (Wildman–Crippen MR) is 94.9 cm³/mol. The Kier molecular flexibility index (Phi) is 6.88. The molecule has 0 bridgehead atoms. The number of rotatable bonds is 7. The van der Waals surface area contributed by atoms with Crippen LogP contribution in [-0.4, -0.2) is 52.5 Å². The van der Waals surface area contributed by atoms with E-state index >= 15 is 0 Å². The smallest absolute Gasteiger partial charge is 0.243 e. The summed E-state index contributed by atoms with van der Waals surface area (Å²) in [6.07, 6.45) is 1.07. The number of carbonyl (C=O) groups is 1. The first kappa shape index (κ1) is 19.5. The SMILES string of the molecule is CNCC1CCN(C(=O)CCNS(=O)(=O)c2c(Cl)cccc2Cl)C1. The van der Waals surface area contributed by atoms with E-state index in [-0.39, 0.29) is 33.8 Å². The van der Waals surface area contributed by atoms with Crippen molar-refractivity contribution in [3.05, 3.63) is 28.2 Å². The lowest BCUT2D eigenvalue weighted by molar-refractivity contribution is -0.130. The van der Waals surface area contributed by atoms with Gasteiger partial charge in [0.25, 0.3) is 0 Å². The minimum absolute atomic E-state index is 0.00983. The van der Waals surface area contributed by atoms with Crippen molar-refractivity contribution in [3.8, 4) is 0 Å². The molecule has 0 saturated carbocycles. The van der Waals surface area contributed by atoms with Crippen LogP contribution in [0, 0.1) is 5.92 Å². The molecular weight excluding hydrogens is 373 g/mol. The van der Waals surface area contributed by atoms with Crippen LogP contribution >= 0.6 is 23.2 Å². The number of amides is 1. The van der Waals surface area contributed by atoms with E-state index in [9.17, 15) is 13.2 Å². The molecule has 1 aromatic carbocycles. The predicted octanol–water partition coefficient (Wildman–Crippen LogP) is 1.73. The molecule has 1 unspecified atom stereocenters. The Balaban J connectivity index is 1.88. The Morgan fingerprint density at radius 2 is 2.00 bits per heavy atom. The lowest BCUT2D eigenvalue weighted by Gasteiger charge is -2.17. The van der Waals surface area contributed by atoms with Gasteiger partial charge in [0.1, 0.15) is 4.90 Å². The summed E-state index contributed by atoms with van der Waals surface area (Å²) in [6, 6.07) is 4.49. The molecule has 1 saturated heterocycles. The number of carbonyl (C=O) groups excluding carboxylic acids is 1. The molecule has 6 nitrogen and oxygen atoms in total. The van der Waals surface area contributed by atoms with Crippen molar-refractivity contribution >= 4 is 39.1 Å². The third-order valence-corrected chi connectivity index (χ3v) is 6.37. The first-order valence-electron chi connectivity index (χ1n) is 7.71. The minimum Gasteiger partial charge on any atom is -0.342 e. The Bertz CT molecular complexity index is 677. The van der Waals surface area contributed by atoms with Gasteiger partial charge < -0.3 is 10.2 Å². The van der Waals surface area contributed by atoms with E-state index in [1.807, 2.05) is 7.05 Å². The van der Waals surface area contributed by atoms with Gasteiger partial charge in [0.05, 0.1) is 10.0 Å². The molecule has 0 aliphatic carbocycles. The van der Waals surface area contributed by atoms with Crippen molar-refractivity contribution in [3.63, 3.8) is 0 Å². The highest BCUT2D eigenvalue weighted by molar-refractivity contribution is 7.89. The maximum Gasteiger partial charge on any atom is 0.243 e. The van der Waals surface area contributed by atoms with Crippen LogP contribution in [0.25, 0.3) is 0 Å². The normalized spacial score (nSPS) is 18.1. The second kappa shape index (κ2) is 8.49. The van der Waals surface area contributed by atoms with E-state index in [1.54, 1.807) is 11.0 Å². The van der Waals surface area contributed by atoms with Gasteiger partial charge >= 0.3 is 0 Å². The second-order valence-electron chi connectivity index (χ2n) is 5.75. The van der Waals surface area contributed by atoms with Gasteiger partial charge in [-0.15, -0.1) is 0 Å². The van der Waals surface area contributed by atoms with Crippen molar-refractivity contribution in [1.82, 2.24) is 14.9 Å². The molecule has 1 aliphatic rings. The fraction of sp³-hybridized carbons (Fsp3) is 0.533. The van der Waals surface area contributed by atoms with Gasteiger partial charge in [0.2, 0.25) is 15.9 Å². The molecule has 1 atom stereocenters. The fourth-order valence-corrected chi connectivity index (χ4v) is 4.95. The van der Waals surface area contributed by atoms with Crippen LogP contribution in [-0.2, 0) is 14.8 Å². The molecule has 0 aromatic heterocycles. The van der Waals surface area contributed by atoms with Crippen LogP contribution in [0.2, 0.25) is 10.0 Å². The standard InChI is InChI=1S/C15H21Cl2N3O3S/c1-18-9-11-6-8-20(10-11)14(21)5-7-19-24(22,23)15-12(16)3-2-4-13(15)17/h2-4,11,18-19H,5-10H2,1H3. The van der Waals surface area contributed by atoms with Crippen LogP contribution in [0.5, 0.6) is 0 Å². The van der Waals surface area contributed by atoms with Crippen molar-refractivity contribution in [2.45, 2.75) is 17.7 Å². The number of hydrogen-bond donors (Lipinski definition) is 2. The quantitative estimate of drug-likeness (QED) is 0.739. The number of nitrogens with one attached hydrogen (secondary N) is 2. The summed E-state index contributed by atoms with van der Waals surface area (Å²) in [4.78, 5) is 13.8. The number of halogens is 2. The molecule has 1 aliphatic heterocycles. The van der Waals surface area contributed by atoms with Crippen molar-refractivity contribution in [1.29, 1.82) is 0 Å². The number of sulfonamides is 1. The minimum atomic E-state index is -3.85. The van der Waals surface area contributed by atoms with Gasteiger partial charge in [-0.3, -0.25) is 4.79 Å².